The first-order valence-electron chi connectivity index (χ1n) is 5.92. The monoisotopic (exact) mass is 315 g/mol. The van der Waals surface area contributed by atoms with E-state index in [2.05, 4.69) is 33.8 Å². The number of nitrogens with zero attached hydrogens (tertiary/aromatic N) is 1. The minimum Gasteiger partial charge on any atom is -0.389 e. The van der Waals surface area contributed by atoms with Gasteiger partial charge in [-0.2, -0.15) is 11.8 Å². The molecule has 2 rings (SSSR count). The fourth-order valence-electron chi connectivity index (χ4n) is 2.08. The number of halogens is 1. The van der Waals surface area contributed by atoms with Gasteiger partial charge in [0.25, 0.3) is 0 Å². The molecule has 1 saturated heterocycles. The average molecular weight is 316 g/mol. The third kappa shape index (κ3) is 3.18. The predicted molar refractivity (Wildman–Crippen MR) is 78.9 cm³/mol. The molecule has 0 amide bonds. The lowest BCUT2D eigenvalue weighted by Crippen LogP contribution is -2.36. The van der Waals surface area contributed by atoms with Crippen molar-refractivity contribution in [1.82, 2.24) is 0 Å². The summed E-state index contributed by atoms with van der Waals surface area (Å²) in [5.74, 6) is 1.19. The molecule has 1 aromatic rings. The van der Waals surface area contributed by atoms with Crippen molar-refractivity contribution in [1.29, 1.82) is 0 Å². The third-order valence-electron chi connectivity index (χ3n) is 3.04. The van der Waals surface area contributed by atoms with Gasteiger partial charge in [0.05, 0.1) is 11.8 Å². The zero-order valence-electron chi connectivity index (χ0n) is 10.2. The van der Waals surface area contributed by atoms with Crippen molar-refractivity contribution in [2.45, 2.75) is 25.2 Å². The number of aliphatic hydroxyl groups is 1. The van der Waals surface area contributed by atoms with E-state index in [0.29, 0.717) is 5.25 Å². The molecule has 0 saturated carbocycles. The molecule has 94 valence electrons. The highest BCUT2D eigenvalue weighted by Crippen LogP contribution is 2.32. The van der Waals surface area contributed by atoms with E-state index in [4.69, 9.17) is 0 Å². The van der Waals surface area contributed by atoms with Crippen LogP contribution in [0.15, 0.2) is 22.7 Å². The van der Waals surface area contributed by atoms with E-state index in [1.54, 1.807) is 6.92 Å². The maximum absolute atomic E-state index is 9.55. The summed E-state index contributed by atoms with van der Waals surface area (Å²) in [6.45, 7) is 6.26. The van der Waals surface area contributed by atoms with Gasteiger partial charge in [0.15, 0.2) is 0 Å². The molecular formula is C13H18BrNOS. The lowest BCUT2D eigenvalue weighted by Gasteiger charge is -2.33. The van der Waals surface area contributed by atoms with Crippen molar-refractivity contribution in [3.05, 3.63) is 28.2 Å². The quantitative estimate of drug-likeness (QED) is 0.904. The molecule has 17 heavy (non-hydrogen) atoms. The second-order valence-electron chi connectivity index (χ2n) is 4.51. The summed E-state index contributed by atoms with van der Waals surface area (Å²) in [6.07, 6.45) is -0.406. The van der Waals surface area contributed by atoms with E-state index in [9.17, 15) is 5.11 Å². The van der Waals surface area contributed by atoms with Crippen LogP contribution in [0.1, 0.15) is 25.5 Å². The smallest absolute Gasteiger partial charge is 0.0762 e. The van der Waals surface area contributed by atoms with Crippen LogP contribution in [0.4, 0.5) is 5.69 Å². The van der Waals surface area contributed by atoms with Crippen LogP contribution in [-0.2, 0) is 0 Å². The zero-order valence-corrected chi connectivity index (χ0v) is 12.6. The summed E-state index contributed by atoms with van der Waals surface area (Å²) in [4.78, 5) is 2.41. The number of thioether (sulfide) groups is 1. The highest BCUT2D eigenvalue weighted by atomic mass is 79.9. The van der Waals surface area contributed by atoms with Crippen molar-refractivity contribution >= 4 is 33.4 Å². The number of benzene rings is 1. The first-order valence-corrected chi connectivity index (χ1v) is 7.76. The molecule has 4 heteroatoms. The van der Waals surface area contributed by atoms with E-state index >= 15 is 0 Å². The van der Waals surface area contributed by atoms with Crippen LogP contribution in [0, 0.1) is 0 Å². The summed E-state index contributed by atoms with van der Waals surface area (Å²) in [5, 5.41) is 10.2. The molecule has 1 aliphatic rings. The molecule has 1 unspecified atom stereocenters. The van der Waals surface area contributed by atoms with Crippen molar-refractivity contribution in [2.24, 2.45) is 0 Å². The minimum atomic E-state index is -0.406. The first-order chi connectivity index (χ1) is 8.08. The molecule has 0 aromatic heterocycles. The minimum absolute atomic E-state index is 0.406. The number of aliphatic hydroxyl groups excluding tert-OH is 1. The van der Waals surface area contributed by atoms with Gasteiger partial charge in [-0.1, -0.05) is 13.0 Å². The fraction of sp³-hybridized carbons (Fsp3) is 0.538. The van der Waals surface area contributed by atoms with Crippen LogP contribution < -0.4 is 4.90 Å². The van der Waals surface area contributed by atoms with Crippen LogP contribution in [0.25, 0.3) is 0 Å². The van der Waals surface area contributed by atoms with Gasteiger partial charge >= 0.3 is 0 Å². The lowest BCUT2D eigenvalue weighted by molar-refractivity contribution is 0.199. The summed E-state index contributed by atoms with van der Waals surface area (Å²) in [7, 11) is 0. The maximum atomic E-state index is 9.55. The molecule has 0 spiro atoms. The van der Waals surface area contributed by atoms with Crippen molar-refractivity contribution in [2.75, 3.05) is 23.7 Å². The topological polar surface area (TPSA) is 23.5 Å². The maximum Gasteiger partial charge on any atom is 0.0762 e. The van der Waals surface area contributed by atoms with Crippen molar-refractivity contribution in [3.8, 4) is 0 Å². The molecule has 0 radical (unpaired) electrons. The summed E-state index contributed by atoms with van der Waals surface area (Å²) in [5.41, 5.74) is 2.20. The second kappa shape index (κ2) is 5.63. The molecule has 1 fully saturated rings. The Kier molecular flexibility index (Phi) is 4.39. The summed E-state index contributed by atoms with van der Waals surface area (Å²) >= 11 is 5.64. The standard InChI is InChI=1S/C13H18BrNOS/c1-9-8-15(5-6-17-9)13-4-3-11(10(2)16)7-12(13)14/h3-4,7,9-10,16H,5-6,8H2,1-2H3/t9?,10-/m0/s1. The number of hydrogen-bond donors (Lipinski definition) is 1. The molecule has 1 aromatic carbocycles. The SMILES string of the molecule is CC1CN(c2ccc([C@H](C)O)cc2Br)CCS1. The first kappa shape index (κ1) is 13.2. The van der Waals surface area contributed by atoms with Gasteiger partial charge in [-0.15, -0.1) is 0 Å². The van der Waals surface area contributed by atoms with Gasteiger partial charge in [0, 0.05) is 28.6 Å². The van der Waals surface area contributed by atoms with Crippen molar-refractivity contribution in [3.63, 3.8) is 0 Å². The van der Waals surface area contributed by atoms with Crippen LogP contribution >= 0.6 is 27.7 Å². The summed E-state index contributed by atoms with van der Waals surface area (Å²) < 4.78 is 1.08. The fourth-order valence-corrected chi connectivity index (χ4v) is 3.74. The Balaban J connectivity index is 2.21. The van der Waals surface area contributed by atoms with Crippen molar-refractivity contribution < 1.29 is 5.11 Å². The van der Waals surface area contributed by atoms with Crippen LogP contribution in [0.3, 0.4) is 0 Å². The van der Waals surface area contributed by atoms with E-state index < -0.39 is 6.10 Å². The van der Waals surface area contributed by atoms with Gasteiger partial charge in [0.1, 0.15) is 0 Å². The van der Waals surface area contributed by atoms with E-state index in [1.807, 2.05) is 23.9 Å². The Morgan fingerprint density at radius 1 is 1.53 bits per heavy atom. The van der Waals surface area contributed by atoms with Gasteiger partial charge in [-0.3, -0.25) is 0 Å². The van der Waals surface area contributed by atoms with Gasteiger partial charge in [0.2, 0.25) is 0 Å². The van der Waals surface area contributed by atoms with E-state index in [1.165, 1.54) is 11.4 Å². The molecule has 1 aliphatic heterocycles. The van der Waals surface area contributed by atoms with Gasteiger partial charge in [-0.05, 0) is 40.5 Å². The Morgan fingerprint density at radius 2 is 2.29 bits per heavy atom. The van der Waals surface area contributed by atoms with Gasteiger partial charge < -0.3 is 10.0 Å². The molecular weight excluding hydrogens is 298 g/mol. The molecule has 0 bridgehead atoms. The Labute approximate surface area is 116 Å². The molecule has 2 atom stereocenters. The lowest BCUT2D eigenvalue weighted by atomic mass is 10.1. The third-order valence-corrected chi connectivity index (χ3v) is 4.81. The molecule has 1 heterocycles. The Morgan fingerprint density at radius 3 is 2.88 bits per heavy atom. The highest BCUT2D eigenvalue weighted by Gasteiger charge is 2.19. The molecule has 2 nitrogen and oxygen atoms in total. The zero-order chi connectivity index (χ0) is 12.4. The normalized spacial score (nSPS) is 22.6. The number of hydrogen-bond acceptors (Lipinski definition) is 3. The second-order valence-corrected chi connectivity index (χ2v) is 6.91. The Hall–Kier alpha value is -0.190. The van der Waals surface area contributed by atoms with E-state index in [-0.39, 0.29) is 0 Å². The summed E-state index contributed by atoms with van der Waals surface area (Å²) in [6, 6.07) is 6.14. The van der Waals surface area contributed by atoms with Crippen LogP contribution in [0.5, 0.6) is 0 Å². The predicted octanol–water partition coefficient (Wildman–Crippen LogP) is 3.44. The van der Waals surface area contributed by atoms with Gasteiger partial charge in [-0.25, -0.2) is 0 Å². The Bertz CT molecular complexity index is 397. The van der Waals surface area contributed by atoms with Crippen LogP contribution in [-0.4, -0.2) is 29.2 Å². The average Bonchev–Trinajstić information content (AvgIpc) is 2.28. The number of rotatable bonds is 2. The highest BCUT2D eigenvalue weighted by molar-refractivity contribution is 9.10. The number of anilines is 1. The molecule has 1 N–H and O–H groups in total. The largest absolute Gasteiger partial charge is 0.389 e. The van der Waals surface area contributed by atoms with E-state index in [0.717, 1.165) is 23.1 Å². The van der Waals surface area contributed by atoms with Crippen LogP contribution in [0.2, 0.25) is 0 Å². The molecule has 0 aliphatic carbocycles.